The number of aliphatic hydroxyl groups excluding tert-OH is 2. The Hall–Kier alpha value is -7.43. The fourth-order valence-electron chi connectivity index (χ4n) is 9.84. The van der Waals surface area contributed by atoms with Crippen LogP contribution in [-0.4, -0.2) is 176 Å². The van der Waals surface area contributed by atoms with Crippen molar-refractivity contribution < 1.29 is 72.3 Å². The summed E-state index contributed by atoms with van der Waals surface area (Å²) in [5.41, 5.74) is 5.38. The van der Waals surface area contributed by atoms with Crippen LogP contribution in [0.4, 0.5) is 9.59 Å². The Morgan fingerprint density at radius 3 is 1.85 bits per heavy atom. The molecule has 4 aromatic rings. The van der Waals surface area contributed by atoms with Gasteiger partial charge in [0.05, 0.1) is 42.0 Å². The van der Waals surface area contributed by atoms with Gasteiger partial charge in [0.1, 0.15) is 58.8 Å². The van der Waals surface area contributed by atoms with E-state index >= 15 is 19.2 Å². The molecule has 10 atom stereocenters. The molecule has 27 heteroatoms. The molecule has 518 valence electrons. The summed E-state index contributed by atoms with van der Waals surface area (Å²) in [5.74, 6) is -5.95. The minimum absolute atomic E-state index is 0.0908. The number of benzene rings is 3. The maximum absolute atomic E-state index is 15.5. The van der Waals surface area contributed by atoms with Crippen LogP contribution in [0.15, 0.2) is 85.1 Å². The van der Waals surface area contributed by atoms with Gasteiger partial charge in [0.15, 0.2) is 0 Å². The monoisotopic (exact) mass is 1350 g/mol. The van der Waals surface area contributed by atoms with E-state index in [-0.39, 0.29) is 56.6 Å². The lowest BCUT2D eigenvalue weighted by Gasteiger charge is -2.33. The summed E-state index contributed by atoms with van der Waals surface area (Å²) in [4.78, 5) is 131. The molecule has 0 saturated carbocycles. The van der Waals surface area contributed by atoms with Gasteiger partial charge in [-0.3, -0.25) is 38.1 Å². The fourth-order valence-corrected chi connectivity index (χ4v) is 12.2. The van der Waals surface area contributed by atoms with Crippen LogP contribution in [0.3, 0.4) is 0 Å². The van der Waals surface area contributed by atoms with E-state index in [4.69, 9.17) is 24.7 Å². The molecule has 0 aliphatic carbocycles. The zero-order valence-electron chi connectivity index (χ0n) is 56.5. The summed E-state index contributed by atoms with van der Waals surface area (Å²) in [7, 11) is 2.04. The second-order valence-corrected chi connectivity index (χ2v) is 29.9. The summed E-state index contributed by atoms with van der Waals surface area (Å²) in [6.07, 6.45) is -2.41. The standard InChI is InChI=1S/C67H98N10O15S2/c1-39(79)50(36-78)73-60(85)52-38-94-93-37-51(74-55(80)46(68)32-41-22-16-15-17-23-41)59(84)71-48(33-42-27-29-44(30-28-42)90-65(6,7)8)57(82)72-49(34-43-35-77(63(88)92-67(12,13)14)53-26-19-18-24-45(43)53)58(83)70-47(25-20-21-31-69-62(87)91-66(9,10)11)56(81)76-54(61(86)75-52)40(2)89-64(3,4)5/h15-19,22-24,26-30,35,39-40,46-52,54,78-79H,20-21,25,31-34,36-38,68H2,1-14H3,(H,69,87)(H,70,83)(H,71,84)(H,72,82)(H,73,85)(H,74,80)(H,75,86)(H,76,81)/t39-,40-,46-,47+,48+,49-,50-,51+,52+,54+/m1/s1. The van der Waals surface area contributed by atoms with Crippen LogP contribution >= 0.6 is 21.6 Å². The van der Waals surface area contributed by atoms with Crippen molar-refractivity contribution in [2.75, 3.05) is 24.7 Å². The van der Waals surface area contributed by atoms with Crippen LogP contribution in [0.25, 0.3) is 10.9 Å². The first kappa shape index (κ1) is 77.3. The topological polar surface area (TPSA) is 358 Å². The van der Waals surface area contributed by atoms with Gasteiger partial charge < -0.3 is 77.4 Å². The lowest BCUT2D eigenvalue weighted by Crippen LogP contribution is -2.63. The summed E-state index contributed by atoms with van der Waals surface area (Å²) < 4.78 is 24.8. The highest BCUT2D eigenvalue weighted by Crippen LogP contribution is 2.27. The number of amides is 8. The van der Waals surface area contributed by atoms with Crippen LogP contribution in [0.5, 0.6) is 5.75 Å². The van der Waals surface area contributed by atoms with E-state index in [2.05, 4.69) is 42.5 Å². The van der Waals surface area contributed by atoms with E-state index in [0.717, 1.165) is 27.2 Å². The van der Waals surface area contributed by atoms with E-state index in [1.165, 1.54) is 24.6 Å². The molecule has 25 nitrogen and oxygen atoms in total. The maximum Gasteiger partial charge on any atom is 0.419 e. The van der Waals surface area contributed by atoms with Crippen molar-refractivity contribution >= 4 is 86.0 Å². The van der Waals surface area contributed by atoms with Crippen LogP contribution in [0.1, 0.15) is 133 Å². The summed E-state index contributed by atoms with van der Waals surface area (Å²) in [5, 5.41) is 43.2. The normalized spacial score (nSPS) is 20.7. The van der Waals surface area contributed by atoms with E-state index in [9.17, 15) is 34.2 Å². The number of para-hydroxylation sites is 1. The molecule has 3 aromatic carbocycles. The number of aromatic nitrogens is 1. The van der Waals surface area contributed by atoms with Crippen LogP contribution in [0.2, 0.25) is 0 Å². The smallest absolute Gasteiger partial charge is 0.419 e. The van der Waals surface area contributed by atoms with Gasteiger partial charge in [-0.25, -0.2) is 9.59 Å². The molecule has 94 heavy (non-hydrogen) atoms. The zero-order chi connectivity index (χ0) is 69.9. The number of hydrogen-bond donors (Lipinski definition) is 11. The van der Waals surface area contributed by atoms with Gasteiger partial charge in [-0.15, -0.1) is 0 Å². The number of fused-ring (bicyclic) bond motifs is 1. The molecule has 12 N–H and O–H groups in total. The second-order valence-electron chi connectivity index (χ2n) is 27.3. The number of alkyl carbamates (subject to hydrolysis) is 1. The van der Waals surface area contributed by atoms with Crippen LogP contribution in [0, 0.1) is 0 Å². The van der Waals surface area contributed by atoms with Gasteiger partial charge in [0.25, 0.3) is 0 Å². The highest BCUT2D eigenvalue weighted by Gasteiger charge is 2.39. The molecule has 0 bridgehead atoms. The van der Waals surface area contributed by atoms with Crippen molar-refractivity contribution in [1.29, 1.82) is 0 Å². The van der Waals surface area contributed by atoms with E-state index < -0.39 is 143 Å². The van der Waals surface area contributed by atoms with Crippen molar-refractivity contribution in [3.63, 3.8) is 0 Å². The molecule has 1 aliphatic heterocycles. The molecule has 1 aliphatic rings. The first-order valence-corrected chi connectivity index (χ1v) is 34.1. The highest BCUT2D eigenvalue weighted by molar-refractivity contribution is 8.76. The summed E-state index contributed by atoms with van der Waals surface area (Å²) >= 11 is 0. The largest absolute Gasteiger partial charge is 0.488 e. The van der Waals surface area contributed by atoms with Crippen molar-refractivity contribution in [2.24, 2.45) is 5.73 Å². The zero-order valence-corrected chi connectivity index (χ0v) is 58.1. The molecule has 0 unspecified atom stereocenters. The van der Waals surface area contributed by atoms with Gasteiger partial charge in [0.2, 0.25) is 41.4 Å². The predicted octanol–water partition coefficient (Wildman–Crippen LogP) is 5.02. The van der Waals surface area contributed by atoms with Crippen molar-refractivity contribution in [2.45, 2.75) is 218 Å². The molecule has 5 rings (SSSR count). The molecule has 1 aromatic heterocycles. The average molecular weight is 1350 g/mol. The number of nitrogens with one attached hydrogen (secondary N) is 8. The van der Waals surface area contributed by atoms with Gasteiger partial charge in [-0.1, -0.05) is 82.3 Å². The maximum atomic E-state index is 15.5. The van der Waals surface area contributed by atoms with Crippen molar-refractivity contribution in [3.05, 3.63) is 102 Å². The van der Waals surface area contributed by atoms with Gasteiger partial charge in [-0.05, 0) is 158 Å². The molecule has 8 amide bonds. The van der Waals surface area contributed by atoms with Crippen LogP contribution in [-0.2, 0) is 67.0 Å². The van der Waals surface area contributed by atoms with E-state index in [1.54, 1.807) is 135 Å². The number of aliphatic hydroxyl groups is 2. The molecular formula is C67H98N10O15S2. The second kappa shape index (κ2) is 34.8. The lowest BCUT2D eigenvalue weighted by molar-refractivity contribution is -0.140. The number of nitrogens with zero attached hydrogens (tertiary/aromatic N) is 1. The Kier molecular flexibility index (Phi) is 28.6. The minimum atomic E-state index is -1.61. The van der Waals surface area contributed by atoms with Gasteiger partial charge in [0, 0.05) is 42.5 Å². The quantitative estimate of drug-likeness (QED) is 0.0409. The molecule has 1 fully saturated rings. The van der Waals surface area contributed by atoms with Crippen LogP contribution < -0.4 is 53.0 Å². The number of rotatable bonds is 20. The molecular weight excluding hydrogens is 1250 g/mol. The Bertz CT molecular complexity index is 3210. The first-order chi connectivity index (χ1) is 43.9. The average Bonchev–Trinajstić information content (AvgIpc) is 1.63. The molecule has 0 radical (unpaired) electrons. The number of hydrogen-bond acceptors (Lipinski definition) is 18. The van der Waals surface area contributed by atoms with Gasteiger partial charge >= 0.3 is 12.2 Å². The third kappa shape index (κ3) is 26.1. The summed E-state index contributed by atoms with van der Waals surface area (Å²) in [6.45, 7) is 23.4. The fraction of sp³-hybridized carbons (Fsp3) is 0.567. The third-order valence-corrected chi connectivity index (χ3v) is 16.7. The van der Waals surface area contributed by atoms with E-state index in [0.29, 0.717) is 27.8 Å². The highest BCUT2D eigenvalue weighted by atomic mass is 33.1. The lowest BCUT2D eigenvalue weighted by atomic mass is 10.0. The SMILES string of the molecule is C[C@@H](O)[C@@H](CO)NC(=O)[C@@H]1CSSC[C@H](NC(=O)[C@H](N)Cc2ccccc2)C(=O)N[C@@H](Cc2ccc(OC(C)(C)C)cc2)C(=O)N[C@H](Cc2cn(C(=O)OC(C)(C)C)c3ccccc23)C(=O)N[C@@H](CCCCNC(=O)OC(C)(C)C)C(=O)N[C@@H]([C@@H](C)OC(C)(C)C)C(=O)N1. The predicted molar refractivity (Wildman–Crippen MR) is 362 cm³/mol. The number of unbranched alkanes of at least 4 members (excludes halogenated alkanes) is 1. The minimum Gasteiger partial charge on any atom is -0.488 e. The number of carbonyl (C=O) groups is 9. The number of nitrogens with two attached hydrogens (primary N) is 1. The summed E-state index contributed by atoms with van der Waals surface area (Å²) in [6, 6.07) is 11.3. The Labute approximate surface area is 559 Å². The first-order valence-electron chi connectivity index (χ1n) is 31.6. The third-order valence-electron chi connectivity index (χ3n) is 14.2. The molecule has 2 heterocycles. The molecule has 1 saturated heterocycles. The Morgan fingerprint density at radius 1 is 0.660 bits per heavy atom. The number of ether oxygens (including phenoxy) is 4. The van der Waals surface area contributed by atoms with Gasteiger partial charge in [-0.2, -0.15) is 0 Å². The Morgan fingerprint density at radius 2 is 1.24 bits per heavy atom. The Balaban J connectivity index is 1.71. The van der Waals surface area contributed by atoms with Crippen molar-refractivity contribution in [1.82, 2.24) is 47.1 Å². The van der Waals surface area contributed by atoms with E-state index in [1.807, 2.05) is 26.8 Å². The number of carbonyl (C=O) groups excluding carboxylic acids is 9. The van der Waals surface area contributed by atoms with Crippen molar-refractivity contribution in [3.8, 4) is 5.75 Å². The molecule has 0 spiro atoms.